The molecule has 3 aliphatic carbocycles. The van der Waals surface area contributed by atoms with Crippen molar-refractivity contribution in [2.45, 2.75) is 24.2 Å². The number of phenolic OH excluding ortho intramolecular Hbond substituents is 1. The molecule has 5 aromatic carbocycles. The summed E-state index contributed by atoms with van der Waals surface area (Å²) < 4.78 is 5.57. The van der Waals surface area contributed by atoms with E-state index in [0.29, 0.717) is 34.4 Å². The first-order chi connectivity index (χ1) is 26.8. The average molecular weight is 727 g/mol. The molecule has 0 unspecified atom stereocenters. The van der Waals surface area contributed by atoms with E-state index in [1.807, 2.05) is 109 Å². The molecule has 1 heterocycles. The summed E-state index contributed by atoms with van der Waals surface area (Å²) in [5, 5.41) is 14.0. The van der Waals surface area contributed by atoms with E-state index in [1.165, 1.54) is 18.1 Å². The SMILES string of the molecule is COc1cc([C@H]2C3=CC[C@@H]4C(=O)N(c5ccc(Nc6ccccc6)cc5)C(=O)[C@@H]4[C@@H]3C[C@H]3C(=O)C(c4ccccc4)=CC(=O)[C@@]23c2ccccc2)ccc1O. The Labute approximate surface area is 318 Å². The highest BCUT2D eigenvalue weighted by molar-refractivity contribution is 6.32. The van der Waals surface area contributed by atoms with Crippen molar-refractivity contribution < 1.29 is 29.0 Å². The Bertz CT molecular complexity index is 2410. The van der Waals surface area contributed by atoms with E-state index in [4.69, 9.17) is 4.74 Å². The summed E-state index contributed by atoms with van der Waals surface area (Å²) in [6.45, 7) is 0. The van der Waals surface area contributed by atoms with Gasteiger partial charge in [-0.3, -0.25) is 24.1 Å². The lowest BCUT2D eigenvalue weighted by Gasteiger charge is -2.55. The molecule has 1 saturated carbocycles. The minimum absolute atomic E-state index is 0.0592. The number of fused-ring (bicyclic) bond motifs is 4. The van der Waals surface area contributed by atoms with Crippen molar-refractivity contribution in [3.63, 3.8) is 0 Å². The average Bonchev–Trinajstić information content (AvgIpc) is 3.48. The van der Waals surface area contributed by atoms with E-state index in [2.05, 4.69) is 5.32 Å². The standard InChI is InChI=1S/C47H38N2O6/c1-55-40-25-29(17-24-39(40)50)43-34-22-23-35-42(46(54)49(45(35)53)33-20-18-32(19-21-33)48-31-15-9-4-10-16-31)37(34)26-38-44(52)36(28-11-5-2-6-12-28)27-41(51)47(38,43)30-13-7-3-8-14-30/h2-22,24-25,27,35,37-38,42-43,48,50H,23,26H2,1H3/t35-,37+,38-,42-,43-,47-/m0/s1. The fourth-order valence-electron chi connectivity index (χ4n) is 9.76. The third kappa shape index (κ3) is 5.35. The largest absolute Gasteiger partial charge is 0.504 e. The molecule has 2 amide bonds. The van der Waals surface area contributed by atoms with Crippen LogP contribution < -0.4 is 15.0 Å². The zero-order valence-electron chi connectivity index (χ0n) is 30.1. The number of aromatic hydroxyl groups is 1. The zero-order chi connectivity index (χ0) is 37.8. The van der Waals surface area contributed by atoms with Gasteiger partial charge in [0.15, 0.2) is 23.1 Å². The number of rotatable bonds is 7. The van der Waals surface area contributed by atoms with Gasteiger partial charge in [0, 0.05) is 28.8 Å². The first-order valence-electron chi connectivity index (χ1n) is 18.6. The molecule has 0 spiro atoms. The van der Waals surface area contributed by atoms with Crippen molar-refractivity contribution in [1.29, 1.82) is 0 Å². The second-order valence-electron chi connectivity index (χ2n) is 14.8. The maximum absolute atomic E-state index is 15.2. The predicted octanol–water partition coefficient (Wildman–Crippen LogP) is 8.17. The molecule has 8 heteroatoms. The number of ether oxygens (including phenoxy) is 1. The highest BCUT2D eigenvalue weighted by atomic mass is 16.5. The summed E-state index contributed by atoms with van der Waals surface area (Å²) >= 11 is 0. The lowest BCUT2D eigenvalue weighted by Crippen LogP contribution is -2.58. The van der Waals surface area contributed by atoms with E-state index >= 15 is 9.59 Å². The zero-order valence-corrected chi connectivity index (χ0v) is 30.1. The van der Waals surface area contributed by atoms with Gasteiger partial charge in [-0.15, -0.1) is 0 Å². The molecule has 0 bridgehead atoms. The predicted molar refractivity (Wildman–Crippen MR) is 210 cm³/mol. The molecule has 6 atom stereocenters. The number of nitrogens with zero attached hydrogens (tertiary/aromatic N) is 1. The summed E-state index contributed by atoms with van der Waals surface area (Å²) in [5.74, 6) is -4.25. The number of benzene rings is 5. The van der Waals surface area contributed by atoms with Crippen molar-refractivity contribution in [2.24, 2.45) is 23.7 Å². The van der Waals surface area contributed by atoms with E-state index in [1.54, 1.807) is 30.3 Å². The van der Waals surface area contributed by atoms with Gasteiger partial charge in [0.1, 0.15) is 0 Å². The van der Waals surface area contributed by atoms with Gasteiger partial charge in [-0.2, -0.15) is 0 Å². The Balaban J connectivity index is 1.18. The highest BCUT2D eigenvalue weighted by Gasteiger charge is 2.66. The number of ketones is 2. The van der Waals surface area contributed by atoms with Crippen molar-refractivity contribution >= 4 is 46.0 Å². The summed E-state index contributed by atoms with van der Waals surface area (Å²) in [5.41, 5.74) is 4.04. The topological polar surface area (TPSA) is 113 Å². The lowest BCUT2D eigenvalue weighted by molar-refractivity contribution is -0.135. The van der Waals surface area contributed by atoms with Gasteiger partial charge in [0.05, 0.1) is 30.0 Å². The van der Waals surface area contributed by atoms with Crippen LogP contribution in [0.1, 0.15) is 35.4 Å². The van der Waals surface area contributed by atoms with Crippen LogP contribution in [0.15, 0.2) is 151 Å². The third-order valence-corrected chi connectivity index (χ3v) is 12.1. The monoisotopic (exact) mass is 726 g/mol. The summed E-state index contributed by atoms with van der Waals surface area (Å²) in [6.07, 6.45) is 4.04. The van der Waals surface area contributed by atoms with Gasteiger partial charge in [-0.25, -0.2) is 0 Å². The number of imide groups is 1. The van der Waals surface area contributed by atoms with Crippen molar-refractivity contribution in [3.05, 3.63) is 168 Å². The van der Waals surface area contributed by atoms with Crippen molar-refractivity contribution in [1.82, 2.24) is 0 Å². The van der Waals surface area contributed by atoms with Gasteiger partial charge in [-0.05, 0) is 90.1 Å². The summed E-state index contributed by atoms with van der Waals surface area (Å²) in [4.78, 5) is 60.7. The van der Waals surface area contributed by atoms with Crippen LogP contribution in [0.3, 0.4) is 0 Å². The first kappa shape index (κ1) is 34.2. The number of anilines is 3. The van der Waals surface area contributed by atoms with Crippen LogP contribution in [0.5, 0.6) is 11.5 Å². The molecule has 0 aromatic heterocycles. The van der Waals surface area contributed by atoms with Crippen molar-refractivity contribution in [2.75, 3.05) is 17.3 Å². The summed E-state index contributed by atoms with van der Waals surface area (Å²) in [6, 6.07) is 40.7. The Morgan fingerprint density at radius 1 is 0.745 bits per heavy atom. The van der Waals surface area contributed by atoms with Crippen LogP contribution in [0.4, 0.5) is 17.1 Å². The maximum atomic E-state index is 15.2. The van der Waals surface area contributed by atoms with Crippen LogP contribution in [-0.4, -0.2) is 35.6 Å². The second-order valence-corrected chi connectivity index (χ2v) is 14.8. The summed E-state index contributed by atoms with van der Waals surface area (Å²) in [7, 11) is 1.47. The second kappa shape index (κ2) is 13.4. The van der Waals surface area contributed by atoms with E-state index in [9.17, 15) is 14.7 Å². The Hall–Kier alpha value is -6.54. The molecule has 9 rings (SSSR count). The number of hydrogen-bond acceptors (Lipinski definition) is 7. The molecular weight excluding hydrogens is 689 g/mol. The number of methoxy groups -OCH3 is 1. The van der Waals surface area contributed by atoms with Crippen LogP contribution in [0.25, 0.3) is 5.57 Å². The van der Waals surface area contributed by atoms with Gasteiger partial charge in [-0.1, -0.05) is 96.6 Å². The molecule has 1 aliphatic heterocycles. The minimum Gasteiger partial charge on any atom is -0.504 e. The number of carbonyl (C=O) groups is 4. The molecule has 2 fully saturated rings. The number of nitrogens with one attached hydrogen (secondary N) is 1. The molecule has 2 N–H and O–H groups in total. The highest BCUT2D eigenvalue weighted by Crippen LogP contribution is 2.64. The van der Waals surface area contributed by atoms with Gasteiger partial charge in [0.2, 0.25) is 11.8 Å². The molecule has 0 radical (unpaired) electrons. The fraction of sp³-hybridized carbons (Fsp3) is 0.191. The number of allylic oxidation sites excluding steroid dienone is 4. The van der Waals surface area contributed by atoms with Crippen LogP contribution in [-0.2, 0) is 24.6 Å². The van der Waals surface area contributed by atoms with Gasteiger partial charge in [0.25, 0.3) is 0 Å². The fourth-order valence-corrected chi connectivity index (χ4v) is 9.76. The Kier molecular flexibility index (Phi) is 8.34. The lowest BCUT2D eigenvalue weighted by atomic mass is 9.44. The van der Waals surface area contributed by atoms with Crippen LogP contribution >= 0.6 is 0 Å². The van der Waals surface area contributed by atoms with Crippen LogP contribution in [0.2, 0.25) is 0 Å². The maximum Gasteiger partial charge on any atom is 0.238 e. The number of phenols is 1. The molecule has 272 valence electrons. The number of amides is 2. The number of Topliss-reactive ketones (excluding diaryl/α,β-unsaturated/α-hetero) is 1. The van der Waals surface area contributed by atoms with Crippen molar-refractivity contribution in [3.8, 4) is 11.5 Å². The van der Waals surface area contributed by atoms with E-state index < -0.39 is 35.0 Å². The van der Waals surface area contributed by atoms with E-state index in [0.717, 1.165) is 16.9 Å². The number of hydrogen-bond donors (Lipinski definition) is 2. The third-order valence-electron chi connectivity index (χ3n) is 12.1. The van der Waals surface area contributed by atoms with Gasteiger partial charge < -0.3 is 15.2 Å². The smallest absolute Gasteiger partial charge is 0.238 e. The quantitative estimate of drug-likeness (QED) is 0.129. The van der Waals surface area contributed by atoms with E-state index in [-0.39, 0.29) is 41.3 Å². The molecule has 4 aliphatic rings. The Morgan fingerprint density at radius 2 is 1.40 bits per heavy atom. The molecular formula is C47H38N2O6. The minimum atomic E-state index is -1.37. The van der Waals surface area contributed by atoms with Gasteiger partial charge >= 0.3 is 0 Å². The molecule has 55 heavy (non-hydrogen) atoms. The van der Waals surface area contributed by atoms with Crippen LogP contribution in [0, 0.1) is 23.7 Å². The molecule has 5 aromatic rings. The number of para-hydroxylation sites is 1. The normalized spacial score (nSPS) is 25.7. The number of carbonyl (C=O) groups excluding carboxylic acids is 4. The Morgan fingerprint density at radius 3 is 2.09 bits per heavy atom. The first-order valence-corrected chi connectivity index (χ1v) is 18.6. The molecule has 1 saturated heterocycles. The molecule has 8 nitrogen and oxygen atoms in total.